The molecule has 1 aliphatic heterocycles. The molecule has 0 radical (unpaired) electrons. The number of nitro benzene ring substituents is 1. The second-order valence-electron chi connectivity index (χ2n) is 6.99. The van der Waals surface area contributed by atoms with E-state index in [1.54, 1.807) is 6.92 Å². The van der Waals surface area contributed by atoms with E-state index in [1.165, 1.54) is 18.2 Å². The fourth-order valence-corrected chi connectivity index (χ4v) is 3.07. The molecular formula is C18H26N4O4. The van der Waals surface area contributed by atoms with E-state index < -0.39 is 16.7 Å². The van der Waals surface area contributed by atoms with Crippen LogP contribution in [-0.4, -0.2) is 47.3 Å². The van der Waals surface area contributed by atoms with E-state index in [0.29, 0.717) is 29.8 Å². The maximum atomic E-state index is 12.0. The van der Waals surface area contributed by atoms with Crippen LogP contribution in [0, 0.1) is 23.0 Å². The number of rotatable bonds is 5. The van der Waals surface area contributed by atoms with Crippen molar-refractivity contribution in [3.8, 4) is 0 Å². The minimum absolute atomic E-state index is 0.0577. The average Bonchev–Trinajstić information content (AvgIpc) is 2.61. The Bertz CT molecular complexity index is 682. The second-order valence-corrected chi connectivity index (χ2v) is 6.99. The third-order valence-corrected chi connectivity index (χ3v) is 4.81. The minimum Gasteiger partial charge on any atom is -0.348 e. The fourth-order valence-electron chi connectivity index (χ4n) is 3.07. The third-order valence-electron chi connectivity index (χ3n) is 4.81. The zero-order valence-corrected chi connectivity index (χ0v) is 15.4. The lowest BCUT2D eigenvalue weighted by molar-refractivity contribution is -0.384. The van der Waals surface area contributed by atoms with Crippen molar-refractivity contribution in [3.05, 3.63) is 33.9 Å². The number of hydrogen-bond donors (Lipinski definition) is 2. The normalized spacial score (nSPS) is 15.7. The molecule has 142 valence electrons. The van der Waals surface area contributed by atoms with Gasteiger partial charge in [-0.15, -0.1) is 0 Å². The molecule has 1 aliphatic rings. The van der Waals surface area contributed by atoms with Crippen molar-refractivity contribution in [2.75, 3.05) is 25.0 Å². The van der Waals surface area contributed by atoms with Crippen LogP contribution in [0.15, 0.2) is 18.2 Å². The van der Waals surface area contributed by atoms with Crippen LogP contribution < -0.4 is 10.6 Å². The molecule has 1 heterocycles. The van der Waals surface area contributed by atoms with Gasteiger partial charge in [-0.2, -0.15) is 0 Å². The third kappa shape index (κ3) is 5.26. The Hall–Kier alpha value is -2.48. The molecule has 0 spiro atoms. The lowest BCUT2D eigenvalue weighted by atomic mass is 9.96. The molecule has 2 rings (SSSR count). The smallest absolute Gasteiger partial charge is 0.313 e. The summed E-state index contributed by atoms with van der Waals surface area (Å²) in [5.41, 5.74) is 0.861. The van der Waals surface area contributed by atoms with E-state index in [9.17, 15) is 19.7 Å². The molecule has 0 aliphatic carbocycles. The number of nitrogens with one attached hydrogen (secondary N) is 2. The molecule has 2 amide bonds. The summed E-state index contributed by atoms with van der Waals surface area (Å²) < 4.78 is 0. The second kappa shape index (κ2) is 8.75. The van der Waals surface area contributed by atoms with Crippen LogP contribution in [0.2, 0.25) is 0 Å². The van der Waals surface area contributed by atoms with Gasteiger partial charge in [-0.1, -0.05) is 0 Å². The van der Waals surface area contributed by atoms with Crippen LogP contribution in [0.1, 0.15) is 32.3 Å². The summed E-state index contributed by atoms with van der Waals surface area (Å²) >= 11 is 0. The number of nitrogens with zero attached hydrogens (tertiary/aromatic N) is 2. The Morgan fingerprint density at radius 2 is 1.92 bits per heavy atom. The van der Waals surface area contributed by atoms with Crippen molar-refractivity contribution in [3.63, 3.8) is 0 Å². The van der Waals surface area contributed by atoms with E-state index in [0.717, 1.165) is 25.9 Å². The lowest BCUT2D eigenvalue weighted by Gasteiger charge is -2.34. The van der Waals surface area contributed by atoms with E-state index in [4.69, 9.17) is 0 Å². The van der Waals surface area contributed by atoms with Gasteiger partial charge in [0.15, 0.2) is 0 Å². The van der Waals surface area contributed by atoms with Crippen LogP contribution in [0.5, 0.6) is 0 Å². The standard InChI is InChI=1S/C18H26N4O4/c1-12(2)21-8-6-14(7-9-21)11-19-17(23)18(24)20-16-5-4-15(22(25)26)10-13(16)3/h4-5,10,12,14H,6-9,11H2,1-3H3,(H,19,23)(H,20,24). The first-order valence-corrected chi connectivity index (χ1v) is 8.86. The van der Waals surface area contributed by atoms with Gasteiger partial charge >= 0.3 is 11.8 Å². The van der Waals surface area contributed by atoms with E-state index in [-0.39, 0.29) is 5.69 Å². The zero-order valence-electron chi connectivity index (χ0n) is 15.4. The van der Waals surface area contributed by atoms with Crippen molar-refractivity contribution in [2.45, 2.75) is 39.7 Å². The van der Waals surface area contributed by atoms with Crippen LogP contribution >= 0.6 is 0 Å². The summed E-state index contributed by atoms with van der Waals surface area (Å²) in [5.74, 6) is -1.07. The Balaban J connectivity index is 1.81. The van der Waals surface area contributed by atoms with Gasteiger partial charge in [-0.05, 0) is 64.3 Å². The summed E-state index contributed by atoms with van der Waals surface area (Å²) in [5, 5.41) is 15.9. The van der Waals surface area contributed by atoms with Crippen molar-refractivity contribution in [1.29, 1.82) is 0 Å². The maximum Gasteiger partial charge on any atom is 0.313 e. The molecule has 0 bridgehead atoms. The zero-order chi connectivity index (χ0) is 19.3. The molecule has 0 unspecified atom stereocenters. The lowest BCUT2D eigenvalue weighted by Crippen LogP contribution is -2.43. The molecule has 26 heavy (non-hydrogen) atoms. The SMILES string of the molecule is Cc1cc([N+](=O)[O-])ccc1NC(=O)C(=O)NCC1CCN(C(C)C)CC1. The van der Waals surface area contributed by atoms with Gasteiger partial charge in [0, 0.05) is 30.4 Å². The molecule has 1 aromatic rings. The van der Waals surface area contributed by atoms with Gasteiger partial charge in [0.2, 0.25) is 0 Å². The molecule has 0 aromatic heterocycles. The van der Waals surface area contributed by atoms with E-state index >= 15 is 0 Å². The molecule has 0 atom stereocenters. The Morgan fingerprint density at radius 1 is 1.27 bits per heavy atom. The van der Waals surface area contributed by atoms with E-state index in [2.05, 4.69) is 29.4 Å². The minimum atomic E-state index is -0.762. The Kier molecular flexibility index (Phi) is 6.68. The highest BCUT2D eigenvalue weighted by atomic mass is 16.6. The average molecular weight is 362 g/mol. The molecule has 8 heteroatoms. The van der Waals surface area contributed by atoms with Gasteiger partial charge < -0.3 is 15.5 Å². The van der Waals surface area contributed by atoms with Gasteiger partial charge in [0.05, 0.1) is 4.92 Å². The molecular weight excluding hydrogens is 336 g/mol. The van der Waals surface area contributed by atoms with Gasteiger partial charge in [0.25, 0.3) is 5.69 Å². The molecule has 8 nitrogen and oxygen atoms in total. The van der Waals surface area contributed by atoms with Crippen molar-refractivity contribution in [2.24, 2.45) is 5.92 Å². The van der Waals surface area contributed by atoms with Crippen LogP contribution in [0.4, 0.5) is 11.4 Å². The van der Waals surface area contributed by atoms with Crippen LogP contribution in [0.3, 0.4) is 0 Å². The number of hydrogen-bond acceptors (Lipinski definition) is 5. The summed E-state index contributed by atoms with van der Waals surface area (Å²) in [6.07, 6.45) is 2.00. The number of piperidine rings is 1. The molecule has 0 saturated carbocycles. The van der Waals surface area contributed by atoms with E-state index in [1.807, 2.05) is 0 Å². The first-order chi connectivity index (χ1) is 12.3. The monoisotopic (exact) mass is 362 g/mol. The number of likely N-dealkylation sites (tertiary alicyclic amines) is 1. The molecule has 1 aromatic carbocycles. The number of benzene rings is 1. The van der Waals surface area contributed by atoms with Gasteiger partial charge in [0.1, 0.15) is 0 Å². The number of carbonyl (C=O) groups excluding carboxylic acids is 2. The number of non-ortho nitro benzene ring substituents is 1. The number of nitro groups is 1. The first kappa shape index (κ1) is 19.8. The molecule has 1 fully saturated rings. The van der Waals surface area contributed by atoms with Gasteiger partial charge in [-0.25, -0.2) is 0 Å². The summed E-state index contributed by atoms with van der Waals surface area (Å²) in [6, 6.07) is 4.61. The molecule has 2 N–H and O–H groups in total. The fraction of sp³-hybridized carbons (Fsp3) is 0.556. The number of anilines is 1. The topological polar surface area (TPSA) is 105 Å². The number of aryl methyl sites for hydroxylation is 1. The highest BCUT2D eigenvalue weighted by Crippen LogP contribution is 2.21. The van der Waals surface area contributed by atoms with Crippen LogP contribution in [-0.2, 0) is 9.59 Å². The predicted octanol–water partition coefficient (Wildman–Crippen LogP) is 2.08. The summed E-state index contributed by atoms with van der Waals surface area (Å²) in [7, 11) is 0. The predicted molar refractivity (Wildman–Crippen MR) is 98.9 cm³/mol. The Morgan fingerprint density at radius 3 is 2.46 bits per heavy atom. The van der Waals surface area contributed by atoms with Crippen molar-refractivity contribution in [1.82, 2.24) is 10.2 Å². The maximum absolute atomic E-state index is 12.0. The van der Waals surface area contributed by atoms with Crippen LogP contribution in [0.25, 0.3) is 0 Å². The quantitative estimate of drug-likeness (QED) is 0.474. The number of carbonyl (C=O) groups is 2. The molecule has 1 saturated heterocycles. The Labute approximate surface area is 153 Å². The highest BCUT2D eigenvalue weighted by molar-refractivity contribution is 6.39. The summed E-state index contributed by atoms with van der Waals surface area (Å²) in [6.45, 7) is 8.48. The largest absolute Gasteiger partial charge is 0.348 e. The first-order valence-electron chi connectivity index (χ1n) is 8.86. The van der Waals surface area contributed by atoms with Crippen molar-refractivity contribution >= 4 is 23.2 Å². The van der Waals surface area contributed by atoms with Crippen molar-refractivity contribution < 1.29 is 14.5 Å². The highest BCUT2D eigenvalue weighted by Gasteiger charge is 2.22. The van der Waals surface area contributed by atoms with Gasteiger partial charge in [-0.3, -0.25) is 19.7 Å². The summed E-state index contributed by atoms with van der Waals surface area (Å²) in [4.78, 5) is 36.7. The number of amides is 2.